The highest BCUT2D eigenvalue weighted by Crippen LogP contribution is 2.31. The molecular weight excluding hydrogens is 354 g/mol. The number of hydrogen-bond acceptors (Lipinski definition) is 3. The van der Waals surface area contributed by atoms with Crippen molar-refractivity contribution in [1.82, 2.24) is 9.55 Å². The van der Waals surface area contributed by atoms with Gasteiger partial charge in [-0.05, 0) is 18.2 Å². The van der Waals surface area contributed by atoms with Gasteiger partial charge in [-0.1, -0.05) is 23.2 Å². The van der Waals surface area contributed by atoms with Gasteiger partial charge in [0, 0.05) is 13.2 Å². The summed E-state index contributed by atoms with van der Waals surface area (Å²) in [7, 11) is 1.48. The van der Waals surface area contributed by atoms with Crippen LogP contribution in [0.5, 0.6) is 0 Å². The van der Waals surface area contributed by atoms with E-state index >= 15 is 0 Å². The molecule has 0 aromatic carbocycles. The number of halogens is 5. The average molecular weight is 362 g/mol. The number of alkyl halides is 3. The fourth-order valence-corrected chi connectivity index (χ4v) is 2.31. The molecule has 0 aliphatic carbocycles. The Morgan fingerprint density at radius 1 is 1.39 bits per heavy atom. The van der Waals surface area contributed by atoms with Crippen LogP contribution in [0.3, 0.4) is 0 Å². The third-order valence-corrected chi connectivity index (χ3v) is 4.01. The predicted molar refractivity (Wildman–Crippen MR) is 77.4 cm³/mol. The van der Waals surface area contributed by atoms with E-state index in [4.69, 9.17) is 23.2 Å². The van der Waals surface area contributed by atoms with Crippen molar-refractivity contribution in [2.24, 2.45) is 7.05 Å². The van der Waals surface area contributed by atoms with E-state index in [1.54, 1.807) is 6.07 Å². The Morgan fingerprint density at radius 3 is 2.43 bits per heavy atom. The summed E-state index contributed by atoms with van der Waals surface area (Å²) in [5.74, 6) is -2.02. The minimum Gasteiger partial charge on any atom is -0.331 e. The topological polar surface area (TPSA) is 58.7 Å². The second kappa shape index (κ2) is 6.22. The van der Waals surface area contributed by atoms with Crippen molar-refractivity contribution in [1.29, 1.82) is 5.26 Å². The van der Waals surface area contributed by atoms with Gasteiger partial charge in [-0.25, -0.2) is 0 Å². The molecule has 0 spiro atoms. The number of ketones is 1. The maximum Gasteiger partial charge on any atom is 0.417 e. The smallest absolute Gasteiger partial charge is 0.331 e. The number of pyridine rings is 1. The van der Waals surface area contributed by atoms with Crippen LogP contribution in [-0.4, -0.2) is 15.3 Å². The molecule has 1 atom stereocenters. The van der Waals surface area contributed by atoms with Gasteiger partial charge >= 0.3 is 6.18 Å². The molecule has 0 saturated carbocycles. The molecule has 0 N–H and O–H groups in total. The van der Waals surface area contributed by atoms with Crippen LogP contribution in [0.4, 0.5) is 13.2 Å². The molecule has 0 aliphatic heterocycles. The van der Waals surface area contributed by atoms with Crippen molar-refractivity contribution in [2.75, 3.05) is 0 Å². The molecule has 2 heterocycles. The van der Waals surface area contributed by atoms with Crippen LogP contribution in [0.2, 0.25) is 10.2 Å². The Balaban J connectivity index is 2.38. The van der Waals surface area contributed by atoms with E-state index < -0.39 is 23.4 Å². The van der Waals surface area contributed by atoms with E-state index in [1.165, 1.54) is 17.7 Å². The molecule has 1 unspecified atom stereocenters. The maximum atomic E-state index is 12.5. The number of nitrogens with zero attached hydrogens (tertiary/aromatic N) is 3. The highest BCUT2D eigenvalue weighted by atomic mass is 35.5. The number of aromatic nitrogens is 2. The van der Waals surface area contributed by atoms with Gasteiger partial charge in [0.05, 0.1) is 28.0 Å². The van der Waals surface area contributed by atoms with Crippen LogP contribution in [0.1, 0.15) is 27.7 Å². The van der Waals surface area contributed by atoms with Crippen LogP contribution < -0.4 is 0 Å². The van der Waals surface area contributed by atoms with Gasteiger partial charge in [0.25, 0.3) is 0 Å². The van der Waals surface area contributed by atoms with Gasteiger partial charge in [0.15, 0.2) is 5.92 Å². The molecule has 2 aromatic rings. The summed E-state index contributed by atoms with van der Waals surface area (Å²) in [6, 6.07) is 4.80. The van der Waals surface area contributed by atoms with Gasteiger partial charge in [-0.2, -0.15) is 18.4 Å². The fourth-order valence-electron chi connectivity index (χ4n) is 1.93. The van der Waals surface area contributed by atoms with Crippen molar-refractivity contribution in [3.8, 4) is 6.07 Å². The standard InChI is InChI=1S/C14H8Cl2F3N3O/c1-22-11(4-9(15)13(22)16)12(23)8(5-20)10-3-2-7(6-21-10)14(17,18)19/h2-4,6,8H,1H3. The van der Waals surface area contributed by atoms with Crippen LogP contribution in [-0.2, 0) is 13.2 Å². The van der Waals surface area contributed by atoms with Gasteiger partial charge in [-0.15, -0.1) is 0 Å². The second-order valence-electron chi connectivity index (χ2n) is 4.62. The van der Waals surface area contributed by atoms with E-state index in [-0.39, 0.29) is 21.6 Å². The summed E-state index contributed by atoms with van der Waals surface area (Å²) >= 11 is 11.7. The lowest BCUT2D eigenvalue weighted by Gasteiger charge is -2.10. The Morgan fingerprint density at radius 2 is 2.04 bits per heavy atom. The lowest BCUT2D eigenvalue weighted by Crippen LogP contribution is -2.16. The number of hydrogen-bond donors (Lipinski definition) is 0. The molecule has 9 heteroatoms. The Bertz CT molecular complexity index is 791. The summed E-state index contributed by atoms with van der Waals surface area (Å²) in [6.07, 6.45) is -3.96. The second-order valence-corrected chi connectivity index (χ2v) is 5.39. The molecule has 0 amide bonds. The molecule has 0 aliphatic rings. The molecule has 0 bridgehead atoms. The zero-order chi connectivity index (χ0) is 17.4. The Labute approximate surface area is 139 Å². The predicted octanol–water partition coefficient (Wildman–Crippen LogP) is 4.24. The molecule has 4 nitrogen and oxygen atoms in total. The van der Waals surface area contributed by atoms with Crippen LogP contribution >= 0.6 is 23.2 Å². The zero-order valence-corrected chi connectivity index (χ0v) is 13.0. The lowest BCUT2D eigenvalue weighted by atomic mass is 9.98. The molecule has 120 valence electrons. The lowest BCUT2D eigenvalue weighted by molar-refractivity contribution is -0.137. The number of carbonyl (C=O) groups is 1. The number of nitriles is 1. The van der Waals surface area contributed by atoms with Crippen molar-refractivity contribution >= 4 is 29.0 Å². The first kappa shape index (κ1) is 17.3. The number of Topliss-reactive ketones (excluding diaryl/α,β-unsaturated/α-hetero) is 1. The number of carbonyl (C=O) groups excluding carboxylic acids is 1. The van der Waals surface area contributed by atoms with Crippen LogP contribution in [0.25, 0.3) is 0 Å². The fraction of sp³-hybridized carbons (Fsp3) is 0.214. The molecular formula is C14H8Cl2F3N3O. The van der Waals surface area contributed by atoms with Gasteiger partial charge in [-0.3, -0.25) is 9.78 Å². The summed E-state index contributed by atoms with van der Waals surface area (Å²) < 4.78 is 38.9. The number of rotatable bonds is 3. The molecule has 0 radical (unpaired) electrons. The molecule has 2 rings (SSSR count). The third-order valence-electron chi connectivity index (χ3n) is 3.17. The van der Waals surface area contributed by atoms with Crippen LogP contribution in [0.15, 0.2) is 24.4 Å². The molecule has 0 saturated heterocycles. The van der Waals surface area contributed by atoms with Gasteiger partial charge in [0.2, 0.25) is 5.78 Å². The van der Waals surface area contributed by atoms with E-state index in [0.717, 1.165) is 12.1 Å². The zero-order valence-electron chi connectivity index (χ0n) is 11.5. The maximum absolute atomic E-state index is 12.5. The van der Waals surface area contributed by atoms with E-state index in [9.17, 15) is 23.2 Å². The highest BCUT2D eigenvalue weighted by Gasteiger charge is 2.32. The van der Waals surface area contributed by atoms with E-state index in [0.29, 0.717) is 6.20 Å². The van der Waals surface area contributed by atoms with E-state index in [2.05, 4.69) is 4.98 Å². The van der Waals surface area contributed by atoms with Gasteiger partial charge < -0.3 is 4.57 Å². The van der Waals surface area contributed by atoms with Crippen molar-refractivity contribution in [3.63, 3.8) is 0 Å². The van der Waals surface area contributed by atoms with Crippen molar-refractivity contribution in [3.05, 3.63) is 51.5 Å². The summed E-state index contributed by atoms with van der Waals surface area (Å²) in [5, 5.41) is 9.45. The summed E-state index contributed by atoms with van der Waals surface area (Å²) in [4.78, 5) is 16.0. The average Bonchev–Trinajstić information content (AvgIpc) is 2.75. The van der Waals surface area contributed by atoms with Crippen molar-refractivity contribution in [2.45, 2.75) is 12.1 Å². The SMILES string of the molecule is Cn1c(C(=O)C(C#N)c2ccc(C(F)(F)F)cn2)cc(Cl)c1Cl. The first-order valence-electron chi connectivity index (χ1n) is 6.14. The van der Waals surface area contributed by atoms with Crippen molar-refractivity contribution < 1.29 is 18.0 Å². The Kier molecular flexibility index (Phi) is 4.68. The summed E-state index contributed by atoms with van der Waals surface area (Å²) in [5.41, 5.74) is -0.984. The first-order valence-corrected chi connectivity index (χ1v) is 6.90. The highest BCUT2D eigenvalue weighted by molar-refractivity contribution is 6.42. The molecule has 23 heavy (non-hydrogen) atoms. The minimum atomic E-state index is -4.54. The largest absolute Gasteiger partial charge is 0.417 e. The minimum absolute atomic E-state index is 0.0632. The van der Waals surface area contributed by atoms with Crippen LogP contribution in [0, 0.1) is 11.3 Å². The normalized spacial score (nSPS) is 12.7. The van der Waals surface area contributed by atoms with Gasteiger partial charge in [0.1, 0.15) is 5.15 Å². The molecule has 0 fully saturated rings. The quantitative estimate of drug-likeness (QED) is 0.768. The van der Waals surface area contributed by atoms with E-state index in [1.807, 2.05) is 0 Å². The molecule has 2 aromatic heterocycles. The third kappa shape index (κ3) is 3.33. The summed E-state index contributed by atoms with van der Waals surface area (Å²) in [6.45, 7) is 0. The first-order chi connectivity index (χ1) is 10.7. The Hall–Kier alpha value is -2.04. The monoisotopic (exact) mass is 361 g/mol.